The van der Waals surface area contributed by atoms with Crippen molar-refractivity contribution in [1.29, 1.82) is 0 Å². The number of nitrogens with one attached hydrogen (secondary N) is 1. The van der Waals surface area contributed by atoms with Gasteiger partial charge in [-0.25, -0.2) is 14.2 Å². The van der Waals surface area contributed by atoms with Gasteiger partial charge in [-0.1, -0.05) is 0 Å². The summed E-state index contributed by atoms with van der Waals surface area (Å²) >= 11 is 0. The van der Waals surface area contributed by atoms with Crippen molar-refractivity contribution in [1.82, 2.24) is 24.4 Å². The Bertz CT molecular complexity index is 1310. The van der Waals surface area contributed by atoms with Crippen molar-refractivity contribution < 1.29 is 9.13 Å². The van der Waals surface area contributed by atoms with Crippen molar-refractivity contribution in [3.8, 4) is 17.0 Å². The molecule has 0 amide bonds. The molecule has 1 fully saturated rings. The third kappa shape index (κ3) is 3.79. The van der Waals surface area contributed by atoms with Crippen molar-refractivity contribution in [3.63, 3.8) is 0 Å². The fourth-order valence-electron chi connectivity index (χ4n) is 3.89. The topological polar surface area (TPSA) is 76.0 Å². The largest absolute Gasteiger partial charge is 0.478 e. The smallest absolute Gasteiger partial charge is 0.326 e. The molecule has 31 heavy (non-hydrogen) atoms. The minimum Gasteiger partial charge on any atom is -0.478 e. The summed E-state index contributed by atoms with van der Waals surface area (Å²) in [5, 5.41) is 0.717. The number of hydrogen-bond donors (Lipinski definition) is 1. The van der Waals surface area contributed by atoms with Gasteiger partial charge in [-0.05, 0) is 45.5 Å². The normalized spacial score (nSPS) is 14.1. The van der Waals surface area contributed by atoms with Crippen LogP contribution in [0.4, 0.5) is 4.39 Å². The number of aromatic nitrogens is 4. The summed E-state index contributed by atoms with van der Waals surface area (Å²) in [6, 6.07) is 6.92. The number of aromatic amines is 1. The third-order valence-electron chi connectivity index (χ3n) is 5.61. The Morgan fingerprint density at radius 3 is 2.77 bits per heavy atom. The Hall–Kier alpha value is -3.26. The van der Waals surface area contributed by atoms with Crippen LogP contribution in [0, 0.1) is 5.82 Å². The molecule has 1 saturated carbocycles. The lowest BCUT2D eigenvalue weighted by atomic mass is 10.0. The van der Waals surface area contributed by atoms with E-state index in [1.165, 1.54) is 6.07 Å². The van der Waals surface area contributed by atoms with Crippen LogP contribution >= 0.6 is 0 Å². The predicted octanol–water partition coefficient (Wildman–Crippen LogP) is 3.74. The van der Waals surface area contributed by atoms with Gasteiger partial charge in [0.15, 0.2) is 0 Å². The maximum Gasteiger partial charge on any atom is 0.326 e. The average molecular weight is 421 g/mol. The van der Waals surface area contributed by atoms with Gasteiger partial charge in [0.2, 0.25) is 5.88 Å². The molecule has 8 heteroatoms. The SMILES string of the molecule is CN(C)CCCOc1ccc(-c2cc3c(cc2F)ncc2c3[nH]c(=O)n2C2CC2)cn1. The van der Waals surface area contributed by atoms with E-state index in [0.717, 1.165) is 36.7 Å². The van der Waals surface area contributed by atoms with Crippen LogP contribution in [-0.4, -0.2) is 51.7 Å². The maximum atomic E-state index is 14.9. The van der Waals surface area contributed by atoms with E-state index in [0.29, 0.717) is 34.6 Å². The molecule has 1 N–H and O–H groups in total. The highest BCUT2D eigenvalue weighted by Gasteiger charge is 2.28. The molecule has 3 aromatic heterocycles. The van der Waals surface area contributed by atoms with Gasteiger partial charge in [0, 0.05) is 47.4 Å². The first-order valence-electron chi connectivity index (χ1n) is 10.5. The molecule has 7 nitrogen and oxygen atoms in total. The van der Waals surface area contributed by atoms with E-state index >= 15 is 0 Å². The summed E-state index contributed by atoms with van der Waals surface area (Å²) in [5.74, 6) is 0.128. The summed E-state index contributed by atoms with van der Waals surface area (Å²) in [5.41, 5.74) is 2.87. The third-order valence-corrected chi connectivity index (χ3v) is 5.61. The number of pyridine rings is 2. The standard InChI is InChI=1S/C23H24FN5O2/c1-28(2)8-3-9-31-21-7-4-14(12-26-21)16-10-17-19(11-18(16)24)25-13-20-22(17)27-23(30)29(20)15-5-6-15/h4,7,10-13,15H,3,5-6,8-9H2,1-2H3,(H,27,30). The van der Waals surface area contributed by atoms with Crippen molar-refractivity contribution in [2.75, 3.05) is 27.2 Å². The number of halogens is 1. The highest BCUT2D eigenvalue weighted by atomic mass is 19.1. The zero-order valence-corrected chi connectivity index (χ0v) is 17.6. The zero-order chi connectivity index (χ0) is 21.5. The number of rotatable bonds is 7. The first-order chi connectivity index (χ1) is 15.0. The molecule has 0 aliphatic heterocycles. The molecular formula is C23H24FN5O2. The van der Waals surface area contributed by atoms with Crippen molar-refractivity contribution in [2.24, 2.45) is 0 Å². The van der Waals surface area contributed by atoms with E-state index < -0.39 is 0 Å². The van der Waals surface area contributed by atoms with E-state index in [2.05, 4.69) is 19.9 Å². The van der Waals surface area contributed by atoms with Gasteiger partial charge in [0.1, 0.15) is 5.82 Å². The summed E-state index contributed by atoms with van der Waals surface area (Å²) < 4.78 is 22.3. The second-order valence-electron chi connectivity index (χ2n) is 8.29. The van der Waals surface area contributed by atoms with Gasteiger partial charge in [-0.15, -0.1) is 0 Å². The molecule has 0 spiro atoms. The summed E-state index contributed by atoms with van der Waals surface area (Å²) in [6.45, 7) is 1.51. The minimum absolute atomic E-state index is 0.143. The molecule has 1 aromatic carbocycles. The number of nitrogens with zero attached hydrogens (tertiary/aromatic N) is 4. The Morgan fingerprint density at radius 2 is 2.06 bits per heavy atom. The number of ether oxygens (including phenoxy) is 1. The van der Waals surface area contributed by atoms with Gasteiger partial charge in [-0.2, -0.15) is 0 Å². The van der Waals surface area contributed by atoms with Gasteiger partial charge >= 0.3 is 5.69 Å². The molecule has 1 aliphatic rings. The molecule has 160 valence electrons. The fourth-order valence-corrected chi connectivity index (χ4v) is 3.89. The first-order valence-corrected chi connectivity index (χ1v) is 10.5. The van der Waals surface area contributed by atoms with E-state index in [4.69, 9.17) is 4.74 Å². The van der Waals surface area contributed by atoms with Crippen LogP contribution in [0.2, 0.25) is 0 Å². The molecular weight excluding hydrogens is 397 g/mol. The van der Waals surface area contributed by atoms with E-state index in [1.54, 1.807) is 35.2 Å². The lowest BCUT2D eigenvalue weighted by Crippen LogP contribution is -2.15. The molecule has 1 aliphatic carbocycles. The quantitative estimate of drug-likeness (QED) is 0.460. The van der Waals surface area contributed by atoms with E-state index in [1.807, 2.05) is 14.1 Å². The van der Waals surface area contributed by atoms with Crippen molar-refractivity contribution >= 4 is 21.9 Å². The molecule has 0 bridgehead atoms. The van der Waals surface area contributed by atoms with Crippen LogP contribution in [0.1, 0.15) is 25.3 Å². The number of imidazole rings is 1. The summed E-state index contributed by atoms with van der Waals surface area (Å²) in [7, 11) is 4.04. The van der Waals surface area contributed by atoms with Crippen LogP contribution in [-0.2, 0) is 0 Å². The second kappa shape index (κ2) is 7.77. The lowest BCUT2D eigenvalue weighted by molar-refractivity contribution is 0.273. The predicted molar refractivity (Wildman–Crippen MR) is 118 cm³/mol. The van der Waals surface area contributed by atoms with Crippen LogP contribution in [0.25, 0.3) is 33.1 Å². The molecule has 0 saturated heterocycles. The van der Waals surface area contributed by atoms with Crippen LogP contribution in [0.3, 0.4) is 0 Å². The molecule has 0 unspecified atom stereocenters. The van der Waals surface area contributed by atoms with Gasteiger partial charge in [0.25, 0.3) is 0 Å². The highest BCUT2D eigenvalue weighted by Crippen LogP contribution is 2.37. The Kier molecular flexibility index (Phi) is 4.94. The zero-order valence-electron chi connectivity index (χ0n) is 17.6. The van der Waals surface area contributed by atoms with E-state index in [-0.39, 0.29) is 17.5 Å². The van der Waals surface area contributed by atoms with Crippen LogP contribution < -0.4 is 10.4 Å². The van der Waals surface area contributed by atoms with Gasteiger partial charge in [0.05, 0.1) is 29.4 Å². The van der Waals surface area contributed by atoms with Gasteiger partial charge < -0.3 is 14.6 Å². The number of H-pyrrole nitrogens is 1. The monoisotopic (exact) mass is 421 g/mol. The average Bonchev–Trinajstić information content (AvgIpc) is 3.52. The summed E-state index contributed by atoms with van der Waals surface area (Å²) in [6.07, 6.45) is 6.15. The molecule has 5 rings (SSSR count). The molecule has 3 heterocycles. The Balaban J connectivity index is 1.48. The second-order valence-corrected chi connectivity index (χ2v) is 8.29. The summed E-state index contributed by atoms with van der Waals surface area (Å²) in [4.78, 5) is 26.2. The lowest BCUT2D eigenvalue weighted by Gasteiger charge is -2.10. The highest BCUT2D eigenvalue weighted by molar-refractivity contribution is 6.03. The van der Waals surface area contributed by atoms with Crippen molar-refractivity contribution in [3.05, 3.63) is 53.0 Å². The van der Waals surface area contributed by atoms with Crippen molar-refractivity contribution in [2.45, 2.75) is 25.3 Å². The Labute approximate surface area is 178 Å². The molecule has 4 aromatic rings. The molecule has 0 atom stereocenters. The Morgan fingerprint density at radius 1 is 1.23 bits per heavy atom. The number of benzene rings is 1. The minimum atomic E-state index is -0.384. The number of fused-ring (bicyclic) bond motifs is 3. The van der Waals surface area contributed by atoms with Crippen LogP contribution in [0.5, 0.6) is 5.88 Å². The first kappa shape index (κ1) is 19.7. The maximum absolute atomic E-state index is 14.9. The molecule has 0 radical (unpaired) electrons. The van der Waals surface area contributed by atoms with Gasteiger partial charge in [-0.3, -0.25) is 9.55 Å². The fraction of sp³-hybridized carbons (Fsp3) is 0.348. The van der Waals surface area contributed by atoms with Crippen LogP contribution in [0.15, 0.2) is 41.5 Å². The van der Waals surface area contributed by atoms with E-state index in [9.17, 15) is 9.18 Å². The number of hydrogen-bond acceptors (Lipinski definition) is 5.